The van der Waals surface area contributed by atoms with Gasteiger partial charge in [0.1, 0.15) is 11.6 Å². The molecule has 0 amide bonds. The summed E-state index contributed by atoms with van der Waals surface area (Å²) < 4.78 is 7.61. The fourth-order valence-electron chi connectivity index (χ4n) is 3.40. The number of aromatic nitrogens is 2. The molecule has 3 aromatic rings. The SMILES string of the molecule is CC.COc1cccc(-c2nc(C3CCCNC3)n3ccccc23)c1. The molecule has 132 valence electrons. The first kappa shape index (κ1) is 17.5. The Morgan fingerprint density at radius 3 is 2.80 bits per heavy atom. The molecule has 1 atom stereocenters. The number of pyridine rings is 1. The fraction of sp³-hybridized carbons (Fsp3) is 0.381. The van der Waals surface area contributed by atoms with E-state index in [1.807, 2.05) is 26.0 Å². The number of nitrogens with one attached hydrogen (secondary N) is 1. The number of hydrogen-bond donors (Lipinski definition) is 1. The van der Waals surface area contributed by atoms with Crippen LogP contribution in [0.2, 0.25) is 0 Å². The predicted octanol–water partition coefficient (Wildman–Crippen LogP) is 4.50. The number of nitrogens with zero attached hydrogens (tertiary/aromatic N) is 2. The molecular formula is C21H27N3O. The number of fused-ring (bicyclic) bond motifs is 1. The van der Waals surface area contributed by atoms with E-state index in [1.165, 1.54) is 12.8 Å². The van der Waals surface area contributed by atoms with Crippen molar-refractivity contribution < 1.29 is 4.74 Å². The van der Waals surface area contributed by atoms with E-state index in [2.05, 4.69) is 46.2 Å². The van der Waals surface area contributed by atoms with Gasteiger partial charge in [0.25, 0.3) is 0 Å². The predicted molar refractivity (Wildman–Crippen MR) is 103 cm³/mol. The van der Waals surface area contributed by atoms with E-state index in [9.17, 15) is 0 Å². The van der Waals surface area contributed by atoms with E-state index in [-0.39, 0.29) is 0 Å². The second-order valence-corrected chi connectivity index (χ2v) is 6.05. The first-order chi connectivity index (χ1) is 12.4. The largest absolute Gasteiger partial charge is 0.497 e. The zero-order valence-electron chi connectivity index (χ0n) is 15.3. The van der Waals surface area contributed by atoms with Crippen LogP contribution >= 0.6 is 0 Å². The molecule has 4 rings (SSSR count). The van der Waals surface area contributed by atoms with Gasteiger partial charge in [-0.1, -0.05) is 32.0 Å². The minimum absolute atomic E-state index is 0.470. The van der Waals surface area contributed by atoms with Crippen molar-refractivity contribution in [3.8, 4) is 17.0 Å². The van der Waals surface area contributed by atoms with Crippen molar-refractivity contribution in [3.63, 3.8) is 0 Å². The van der Waals surface area contributed by atoms with Crippen molar-refractivity contribution in [2.24, 2.45) is 0 Å². The maximum absolute atomic E-state index is 5.37. The molecule has 3 heterocycles. The van der Waals surface area contributed by atoms with Crippen LogP contribution in [0.25, 0.3) is 16.8 Å². The summed E-state index contributed by atoms with van der Waals surface area (Å²) in [5.41, 5.74) is 3.29. The van der Waals surface area contributed by atoms with Gasteiger partial charge in [-0.05, 0) is 43.7 Å². The van der Waals surface area contributed by atoms with Crippen molar-refractivity contribution in [2.45, 2.75) is 32.6 Å². The third kappa shape index (κ3) is 3.54. The minimum atomic E-state index is 0.470. The van der Waals surface area contributed by atoms with Gasteiger partial charge >= 0.3 is 0 Å². The topological polar surface area (TPSA) is 38.6 Å². The molecule has 1 unspecified atom stereocenters. The van der Waals surface area contributed by atoms with Crippen molar-refractivity contribution in [3.05, 3.63) is 54.5 Å². The van der Waals surface area contributed by atoms with E-state index in [0.29, 0.717) is 5.92 Å². The van der Waals surface area contributed by atoms with E-state index in [1.54, 1.807) is 7.11 Å². The highest BCUT2D eigenvalue weighted by atomic mass is 16.5. The van der Waals surface area contributed by atoms with Crippen LogP contribution in [0, 0.1) is 0 Å². The minimum Gasteiger partial charge on any atom is -0.497 e. The van der Waals surface area contributed by atoms with Gasteiger partial charge in [-0.25, -0.2) is 4.98 Å². The second-order valence-electron chi connectivity index (χ2n) is 6.05. The Kier molecular flexibility index (Phi) is 5.71. The molecule has 1 aromatic carbocycles. The van der Waals surface area contributed by atoms with Crippen LogP contribution in [-0.4, -0.2) is 29.6 Å². The molecule has 4 heteroatoms. The highest BCUT2D eigenvalue weighted by Crippen LogP contribution is 2.31. The number of rotatable bonds is 3. The van der Waals surface area contributed by atoms with Crippen LogP contribution in [0.4, 0.5) is 0 Å². The number of ether oxygens (including phenoxy) is 1. The molecule has 1 aliphatic rings. The first-order valence-corrected chi connectivity index (χ1v) is 9.19. The summed E-state index contributed by atoms with van der Waals surface area (Å²) in [6.45, 7) is 6.12. The van der Waals surface area contributed by atoms with Crippen LogP contribution in [0.3, 0.4) is 0 Å². The summed E-state index contributed by atoms with van der Waals surface area (Å²) in [5.74, 6) is 2.49. The molecule has 25 heavy (non-hydrogen) atoms. The van der Waals surface area contributed by atoms with Crippen molar-refractivity contribution in [1.82, 2.24) is 14.7 Å². The molecular weight excluding hydrogens is 310 g/mol. The maximum atomic E-state index is 5.37. The van der Waals surface area contributed by atoms with Gasteiger partial charge in [-0.3, -0.25) is 0 Å². The molecule has 1 aliphatic heterocycles. The van der Waals surface area contributed by atoms with Gasteiger partial charge in [-0.2, -0.15) is 0 Å². The lowest BCUT2D eigenvalue weighted by Gasteiger charge is -2.21. The maximum Gasteiger partial charge on any atom is 0.119 e. The molecule has 0 radical (unpaired) electrons. The Bertz CT molecular complexity index is 819. The normalized spacial score (nSPS) is 17.0. The van der Waals surface area contributed by atoms with Crippen molar-refractivity contribution in [2.75, 3.05) is 20.2 Å². The second kappa shape index (κ2) is 8.17. The summed E-state index contributed by atoms with van der Waals surface area (Å²) in [7, 11) is 1.70. The van der Waals surface area contributed by atoms with E-state index < -0.39 is 0 Å². The van der Waals surface area contributed by atoms with Gasteiger partial charge in [0.15, 0.2) is 0 Å². The lowest BCUT2D eigenvalue weighted by atomic mass is 9.99. The summed E-state index contributed by atoms with van der Waals surface area (Å²) in [6.07, 6.45) is 4.52. The zero-order chi connectivity index (χ0) is 17.6. The van der Waals surface area contributed by atoms with Crippen LogP contribution in [0.1, 0.15) is 38.4 Å². The lowest BCUT2D eigenvalue weighted by Crippen LogP contribution is -2.29. The van der Waals surface area contributed by atoms with Gasteiger partial charge in [0.05, 0.1) is 18.3 Å². The summed E-state index contributed by atoms with van der Waals surface area (Å²) >= 11 is 0. The molecule has 1 N–H and O–H groups in total. The third-order valence-corrected chi connectivity index (χ3v) is 4.58. The molecule has 2 aromatic heterocycles. The highest BCUT2D eigenvalue weighted by Gasteiger charge is 2.22. The molecule has 0 saturated carbocycles. The molecule has 1 fully saturated rings. The summed E-state index contributed by atoms with van der Waals surface area (Å²) in [5, 5.41) is 3.49. The lowest BCUT2D eigenvalue weighted by molar-refractivity contribution is 0.415. The van der Waals surface area contributed by atoms with Gasteiger partial charge in [0, 0.05) is 24.2 Å². The Hall–Kier alpha value is -2.33. The van der Waals surface area contributed by atoms with E-state index in [0.717, 1.165) is 41.4 Å². The molecule has 1 saturated heterocycles. The van der Waals surface area contributed by atoms with Crippen LogP contribution in [0.15, 0.2) is 48.7 Å². The molecule has 0 spiro atoms. The van der Waals surface area contributed by atoms with Crippen LogP contribution in [-0.2, 0) is 0 Å². The summed E-state index contributed by atoms with van der Waals surface area (Å²) in [4.78, 5) is 5.03. The number of piperidine rings is 1. The Morgan fingerprint density at radius 1 is 1.16 bits per heavy atom. The monoisotopic (exact) mass is 337 g/mol. The highest BCUT2D eigenvalue weighted by molar-refractivity contribution is 5.78. The van der Waals surface area contributed by atoms with Crippen LogP contribution in [0.5, 0.6) is 5.75 Å². The number of hydrogen-bond acceptors (Lipinski definition) is 3. The first-order valence-electron chi connectivity index (χ1n) is 9.19. The zero-order valence-corrected chi connectivity index (χ0v) is 15.3. The molecule has 0 bridgehead atoms. The average molecular weight is 337 g/mol. The summed E-state index contributed by atoms with van der Waals surface area (Å²) in [6, 6.07) is 14.4. The Balaban J connectivity index is 0.000000880. The number of benzene rings is 1. The number of methoxy groups -OCH3 is 1. The third-order valence-electron chi connectivity index (χ3n) is 4.58. The van der Waals surface area contributed by atoms with Crippen molar-refractivity contribution >= 4 is 5.52 Å². The Morgan fingerprint density at radius 2 is 2.04 bits per heavy atom. The smallest absolute Gasteiger partial charge is 0.119 e. The van der Waals surface area contributed by atoms with Gasteiger partial charge < -0.3 is 14.5 Å². The molecule has 0 aliphatic carbocycles. The van der Waals surface area contributed by atoms with Crippen LogP contribution < -0.4 is 10.1 Å². The quantitative estimate of drug-likeness (QED) is 0.764. The van der Waals surface area contributed by atoms with Gasteiger partial charge in [0.2, 0.25) is 0 Å². The fourth-order valence-corrected chi connectivity index (χ4v) is 3.40. The molecule has 4 nitrogen and oxygen atoms in total. The standard InChI is InChI=1S/C19H21N3O.C2H6/c1-23-16-8-4-6-14(12-16)18-17-9-2-3-11-22(17)19(21-18)15-7-5-10-20-13-15;1-2/h2-4,6,8-9,11-12,15,20H,5,7,10,13H2,1H3;1-2H3. The number of imidazole rings is 1. The van der Waals surface area contributed by atoms with Gasteiger partial charge in [-0.15, -0.1) is 0 Å². The average Bonchev–Trinajstić information content (AvgIpc) is 3.10. The van der Waals surface area contributed by atoms with E-state index in [4.69, 9.17) is 9.72 Å². The Labute approximate surface area is 149 Å². The van der Waals surface area contributed by atoms with Crippen molar-refractivity contribution in [1.29, 1.82) is 0 Å². The van der Waals surface area contributed by atoms with E-state index >= 15 is 0 Å².